The fourth-order valence-electron chi connectivity index (χ4n) is 3.84. The molecular formula is C27H25FN2O5. The van der Waals surface area contributed by atoms with Crippen LogP contribution in [-0.4, -0.2) is 31.3 Å². The van der Waals surface area contributed by atoms with Gasteiger partial charge in [-0.1, -0.05) is 18.2 Å². The first-order valence-corrected chi connectivity index (χ1v) is 10.9. The lowest BCUT2D eigenvalue weighted by Gasteiger charge is -2.15. The van der Waals surface area contributed by atoms with Crippen LogP contribution >= 0.6 is 0 Å². The van der Waals surface area contributed by atoms with Gasteiger partial charge in [-0.05, 0) is 42.8 Å². The Bertz CT molecular complexity index is 1450. The summed E-state index contributed by atoms with van der Waals surface area (Å²) in [7, 11) is 3.05. The molecule has 0 bridgehead atoms. The Balaban J connectivity index is 1.55. The van der Waals surface area contributed by atoms with Crippen molar-refractivity contribution < 1.29 is 23.4 Å². The van der Waals surface area contributed by atoms with Crippen molar-refractivity contribution in [3.63, 3.8) is 0 Å². The minimum absolute atomic E-state index is 0.0749. The number of nitrogens with one attached hydrogen (secondary N) is 1. The van der Waals surface area contributed by atoms with Gasteiger partial charge in [-0.2, -0.15) is 0 Å². The van der Waals surface area contributed by atoms with Gasteiger partial charge >= 0.3 is 0 Å². The molecule has 3 aromatic carbocycles. The molecular weight excluding hydrogens is 451 g/mol. The molecule has 0 radical (unpaired) electrons. The van der Waals surface area contributed by atoms with Gasteiger partial charge in [0.25, 0.3) is 11.5 Å². The predicted molar refractivity (Wildman–Crippen MR) is 132 cm³/mol. The van der Waals surface area contributed by atoms with E-state index < -0.39 is 0 Å². The van der Waals surface area contributed by atoms with Gasteiger partial charge in [-0.15, -0.1) is 0 Å². The molecule has 0 saturated carbocycles. The van der Waals surface area contributed by atoms with E-state index in [0.29, 0.717) is 34.0 Å². The molecule has 180 valence electrons. The number of aryl methyl sites for hydroxylation is 1. The number of rotatable bonds is 8. The van der Waals surface area contributed by atoms with E-state index in [2.05, 4.69) is 5.32 Å². The number of halogens is 1. The van der Waals surface area contributed by atoms with Crippen molar-refractivity contribution in [2.45, 2.75) is 13.5 Å². The monoisotopic (exact) mass is 476 g/mol. The predicted octanol–water partition coefficient (Wildman–Crippen LogP) is 4.53. The molecule has 1 N–H and O–H groups in total. The number of anilines is 1. The van der Waals surface area contributed by atoms with Crippen LogP contribution in [0.5, 0.6) is 17.2 Å². The lowest BCUT2D eigenvalue weighted by atomic mass is 10.1. The largest absolute Gasteiger partial charge is 0.493 e. The molecule has 7 nitrogen and oxygen atoms in total. The number of methoxy groups -OCH3 is 2. The van der Waals surface area contributed by atoms with Crippen LogP contribution in [0.15, 0.2) is 71.5 Å². The van der Waals surface area contributed by atoms with Crippen molar-refractivity contribution in [2.24, 2.45) is 0 Å². The summed E-state index contributed by atoms with van der Waals surface area (Å²) in [5, 5.41) is 3.58. The number of ether oxygens (including phenoxy) is 3. The number of hydrogen-bond acceptors (Lipinski definition) is 5. The number of amides is 1. The van der Waals surface area contributed by atoms with E-state index in [9.17, 15) is 14.0 Å². The summed E-state index contributed by atoms with van der Waals surface area (Å²) in [6.45, 7) is 1.67. The van der Waals surface area contributed by atoms with Gasteiger partial charge in [0.2, 0.25) is 0 Å². The standard InChI is InChI=1S/C27H25FN2O5/c1-17-12-27(32)30(15-18-6-4-5-7-22(18)28)23-14-20(9-10-21(17)23)35-16-26(31)29-19-8-11-24(33-2)25(13-19)34-3/h4-14H,15-16H2,1-3H3,(H,29,31). The summed E-state index contributed by atoms with van der Waals surface area (Å²) in [5.74, 6) is 0.698. The number of nitrogens with zero attached hydrogens (tertiary/aromatic N) is 1. The summed E-state index contributed by atoms with van der Waals surface area (Å²) in [4.78, 5) is 25.2. The van der Waals surface area contributed by atoms with Crippen molar-refractivity contribution in [1.29, 1.82) is 0 Å². The topological polar surface area (TPSA) is 78.8 Å². The first kappa shape index (κ1) is 23.8. The van der Waals surface area contributed by atoms with Gasteiger partial charge in [-0.25, -0.2) is 4.39 Å². The molecule has 4 aromatic rings. The number of carbonyl (C=O) groups is 1. The van der Waals surface area contributed by atoms with Crippen LogP contribution in [0, 0.1) is 12.7 Å². The zero-order valence-corrected chi connectivity index (χ0v) is 19.6. The van der Waals surface area contributed by atoms with Gasteiger partial charge in [-0.3, -0.25) is 9.59 Å². The zero-order valence-electron chi connectivity index (χ0n) is 19.6. The SMILES string of the molecule is COc1ccc(NC(=O)COc2ccc3c(C)cc(=O)n(Cc4ccccc4F)c3c2)cc1OC. The summed E-state index contributed by atoms with van der Waals surface area (Å²) in [5.41, 5.74) is 2.08. The van der Waals surface area contributed by atoms with Gasteiger partial charge in [0.1, 0.15) is 11.6 Å². The second kappa shape index (κ2) is 10.3. The number of pyridine rings is 1. The quantitative estimate of drug-likeness (QED) is 0.404. The summed E-state index contributed by atoms with van der Waals surface area (Å²) in [6.07, 6.45) is 0. The van der Waals surface area contributed by atoms with Gasteiger partial charge in [0.15, 0.2) is 18.1 Å². The van der Waals surface area contributed by atoms with Crippen LogP contribution in [0.3, 0.4) is 0 Å². The van der Waals surface area contributed by atoms with E-state index in [4.69, 9.17) is 14.2 Å². The third kappa shape index (κ3) is 5.27. The maximum atomic E-state index is 14.2. The number of fused-ring (bicyclic) bond motifs is 1. The first-order chi connectivity index (χ1) is 16.9. The van der Waals surface area contributed by atoms with Crippen molar-refractivity contribution >= 4 is 22.5 Å². The summed E-state index contributed by atoms with van der Waals surface area (Å²) < 4.78 is 31.9. The Morgan fingerprint density at radius 3 is 2.49 bits per heavy atom. The minimum Gasteiger partial charge on any atom is -0.493 e. The lowest BCUT2D eigenvalue weighted by Crippen LogP contribution is -2.22. The smallest absolute Gasteiger partial charge is 0.262 e. The average Bonchev–Trinajstić information content (AvgIpc) is 2.86. The molecule has 0 unspecified atom stereocenters. The summed E-state index contributed by atoms with van der Waals surface area (Å²) in [6, 6.07) is 18.1. The fraction of sp³-hybridized carbons (Fsp3) is 0.185. The number of aromatic nitrogens is 1. The molecule has 0 saturated heterocycles. The lowest BCUT2D eigenvalue weighted by molar-refractivity contribution is -0.118. The summed E-state index contributed by atoms with van der Waals surface area (Å²) >= 11 is 0. The van der Waals surface area contributed by atoms with Crippen LogP contribution in [0.1, 0.15) is 11.1 Å². The molecule has 1 amide bonds. The fourth-order valence-corrected chi connectivity index (χ4v) is 3.84. The Morgan fingerprint density at radius 1 is 0.971 bits per heavy atom. The second-order valence-electron chi connectivity index (χ2n) is 7.93. The third-order valence-electron chi connectivity index (χ3n) is 5.61. The second-order valence-corrected chi connectivity index (χ2v) is 7.93. The van der Waals surface area contributed by atoms with Crippen LogP contribution < -0.4 is 25.1 Å². The first-order valence-electron chi connectivity index (χ1n) is 10.9. The maximum absolute atomic E-state index is 14.2. The average molecular weight is 477 g/mol. The Kier molecular flexibility index (Phi) is 7.01. The molecule has 0 fully saturated rings. The molecule has 4 rings (SSSR count). The van der Waals surface area contributed by atoms with Gasteiger partial charge < -0.3 is 24.1 Å². The number of carbonyl (C=O) groups excluding carboxylic acids is 1. The van der Waals surface area contributed by atoms with E-state index in [1.54, 1.807) is 48.5 Å². The van der Waals surface area contributed by atoms with Crippen LogP contribution in [0.25, 0.3) is 10.9 Å². The highest BCUT2D eigenvalue weighted by Crippen LogP contribution is 2.30. The van der Waals surface area contributed by atoms with E-state index >= 15 is 0 Å². The minimum atomic E-state index is -0.382. The van der Waals surface area contributed by atoms with Crippen LogP contribution in [0.2, 0.25) is 0 Å². The van der Waals surface area contributed by atoms with Gasteiger partial charge in [0, 0.05) is 34.8 Å². The maximum Gasteiger partial charge on any atom is 0.262 e. The van der Waals surface area contributed by atoms with E-state index in [1.807, 2.05) is 13.0 Å². The molecule has 0 aliphatic carbocycles. The Hall–Kier alpha value is -4.33. The zero-order chi connectivity index (χ0) is 24.9. The highest BCUT2D eigenvalue weighted by atomic mass is 19.1. The highest BCUT2D eigenvalue weighted by molar-refractivity contribution is 5.92. The van der Waals surface area contributed by atoms with Crippen molar-refractivity contribution in [1.82, 2.24) is 4.57 Å². The third-order valence-corrected chi connectivity index (χ3v) is 5.61. The molecule has 0 aliphatic heterocycles. The van der Waals surface area contributed by atoms with Crippen molar-refractivity contribution in [3.05, 3.63) is 94.0 Å². The van der Waals surface area contributed by atoms with E-state index in [0.717, 1.165) is 10.9 Å². The van der Waals surface area contributed by atoms with E-state index in [-0.39, 0.29) is 30.4 Å². The molecule has 1 heterocycles. The normalized spacial score (nSPS) is 10.7. The Labute approximate surface area is 201 Å². The van der Waals surface area contributed by atoms with Gasteiger partial charge in [0.05, 0.1) is 26.3 Å². The molecule has 35 heavy (non-hydrogen) atoms. The number of hydrogen-bond donors (Lipinski definition) is 1. The molecule has 1 aromatic heterocycles. The van der Waals surface area contributed by atoms with Crippen molar-refractivity contribution in [3.8, 4) is 17.2 Å². The highest BCUT2D eigenvalue weighted by Gasteiger charge is 2.12. The Morgan fingerprint density at radius 2 is 1.74 bits per heavy atom. The van der Waals surface area contributed by atoms with Crippen LogP contribution in [-0.2, 0) is 11.3 Å². The molecule has 0 aliphatic rings. The van der Waals surface area contributed by atoms with Crippen molar-refractivity contribution in [2.75, 3.05) is 26.1 Å². The number of benzene rings is 3. The van der Waals surface area contributed by atoms with Crippen LogP contribution in [0.4, 0.5) is 10.1 Å². The molecule has 8 heteroatoms. The molecule has 0 spiro atoms. The van der Waals surface area contributed by atoms with E-state index in [1.165, 1.54) is 30.9 Å². The molecule has 0 atom stereocenters.